The lowest BCUT2D eigenvalue weighted by Gasteiger charge is -2.21. The van der Waals surface area contributed by atoms with E-state index >= 15 is 0 Å². The van der Waals surface area contributed by atoms with Crippen LogP contribution in [0.1, 0.15) is 11.1 Å². The molecule has 0 heterocycles. The van der Waals surface area contributed by atoms with Crippen LogP contribution in [0.4, 0.5) is 4.79 Å². The minimum atomic E-state index is -1.30. The Balaban J connectivity index is 1.65. The highest BCUT2D eigenvalue weighted by Gasteiger charge is 2.28. The van der Waals surface area contributed by atoms with E-state index in [0.29, 0.717) is 0 Å². The summed E-state index contributed by atoms with van der Waals surface area (Å²) >= 11 is 0. The molecule has 0 unspecified atom stereocenters. The maximum absolute atomic E-state index is 12.7. The Hall–Kier alpha value is -3.91. The molecule has 3 N–H and O–H groups in total. The van der Waals surface area contributed by atoms with Crippen LogP contribution in [0.15, 0.2) is 72.8 Å². The number of ether oxygens (including phenoxy) is 2. The topological polar surface area (TPSA) is 114 Å². The predicted octanol–water partition coefficient (Wildman–Crippen LogP) is 2.33. The number of carbonyl (C=O) groups excluding carboxylic acids is 3. The molecule has 0 aliphatic rings. The average Bonchev–Trinajstić information content (AvgIpc) is 2.85. The Kier molecular flexibility index (Phi) is 8.37. The fraction of sp³-hybridized carbons (Fsp3) is 0.240. The summed E-state index contributed by atoms with van der Waals surface area (Å²) in [5, 5.41) is 16.5. The van der Waals surface area contributed by atoms with E-state index in [1.165, 1.54) is 7.11 Å². The van der Waals surface area contributed by atoms with Crippen LogP contribution in [-0.2, 0) is 32.1 Å². The SMILES string of the molecule is COC(=O)[C@@H](Cc1cccc2ccccc12)NC(=O)[C@H](CO)NC(=O)OCc1ccccc1. The molecule has 3 aromatic carbocycles. The number of nitrogens with one attached hydrogen (secondary N) is 2. The number of aliphatic hydroxyl groups excluding tert-OH is 1. The van der Waals surface area contributed by atoms with E-state index in [2.05, 4.69) is 10.6 Å². The lowest BCUT2D eigenvalue weighted by atomic mass is 9.98. The highest BCUT2D eigenvalue weighted by Crippen LogP contribution is 2.20. The molecule has 0 aliphatic carbocycles. The first kappa shape index (κ1) is 23.7. The number of amides is 2. The summed E-state index contributed by atoms with van der Waals surface area (Å²) < 4.78 is 9.95. The summed E-state index contributed by atoms with van der Waals surface area (Å²) in [6, 6.07) is 20.1. The molecule has 8 heteroatoms. The van der Waals surface area contributed by atoms with Gasteiger partial charge in [-0.1, -0.05) is 72.8 Å². The molecule has 172 valence electrons. The molecule has 2 amide bonds. The van der Waals surface area contributed by atoms with Crippen LogP contribution in [-0.4, -0.2) is 48.9 Å². The van der Waals surface area contributed by atoms with Gasteiger partial charge in [0.05, 0.1) is 13.7 Å². The normalized spacial score (nSPS) is 12.4. The van der Waals surface area contributed by atoms with Crippen molar-refractivity contribution in [1.29, 1.82) is 0 Å². The molecule has 0 bridgehead atoms. The number of aliphatic hydroxyl groups is 1. The van der Waals surface area contributed by atoms with Crippen molar-refractivity contribution in [1.82, 2.24) is 10.6 Å². The molecule has 0 spiro atoms. The third-order valence-corrected chi connectivity index (χ3v) is 5.11. The number of alkyl carbamates (subject to hydrolysis) is 1. The number of hydrogen-bond acceptors (Lipinski definition) is 6. The largest absolute Gasteiger partial charge is 0.467 e. The van der Waals surface area contributed by atoms with Gasteiger partial charge in [0.2, 0.25) is 5.91 Å². The van der Waals surface area contributed by atoms with Crippen molar-refractivity contribution < 1.29 is 29.0 Å². The highest BCUT2D eigenvalue weighted by atomic mass is 16.5. The van der Waals surface area contributed by atoms with Crippen LogP contribution in [0.3, 0.4) is 0 Å². The van der Waals surface area contributed by atoms with Gasteiger partial charge < -0.3 is 25.2 Å². The van der Waals surface area contributed by atoms with Crippen molar-refractivity contribution >= 4 is 28.7 Å². The number of methoxy groups -OCH3 is 1. The first-order chi connectivity index (χ1) is 16.0. The summed E-state index contributed by atoms with van der Waals surface area (Å²) in [6.45, 7) is -0.660. The van der Waals surface area contributed by atoms with Gasteiger partial charge in [-0.2, -0.15) is 0 Å². The Morgan fingerprint density at radius 1 is 0.879 bits per heavy atom. The smallest absolute Gasteiger partial charge is 0.408 e. The van der Waals surface area contributed by atoms with Gasteiger partial charge in [-0.25, -0.2) is 9.59 Å². The van der Waals surface area contributed by atoms with Gasteiger partial charge >= 0.3 is 12.1 Å². The van der Waals surface area contributed by atoms with Gasteiger partial charge in [0.25, 0.3) is 0 Å². The van der Waals surface area contributed by atoms with Gasteiger partial charge in [-0.15, -0.1) is 0 Å². The molecule has 0 fully saturated rings. The maximum Gasteiger partial charge on any atom is 0.408 e. The first-order valence-electron chi connectivity index (χ1n) is 10.4. The molecule has 3 aromatic rings. The lowest BCUT2D eigenvalue weighted by molar-refractivity contribution is -0.145. The second kappa shape index (κ2) is 11.6. The molecular formula is C25H26N2O6. The Bertz CT molecular complexity index is 1100. The van der Waals surface area contributed by atoms with E-state index in [9.17, 15) is 19.5 Å². The van der Waals surface area contributed by atoms with Crippen LogP contribution in [0.5, 0.6) is 0 Å². The zero-order valence-corrected chi connectivity index (χ0v) is 18.2. The van der Waals surface area contributed by atoms with E-state index in [4.69, 9.17) is 9.47 Å². The van der Waals surface area contributed by atoms with E-state index < -0.39 is 36.7 Å². The molecule has 0 radical (unpaired) electrons. The van der Waals surface area contributed by atoms with Crippen molar-refractivity contribution in [2.45, 2.75) is 25.1 Å². The fourth-order valence-electron chi connectivity index (χ4n) is 3.40. The van der Waals surface area contributed by atoms with Gasteiger partial charge in [0.1, 0.15) is 18.7 Å². The molecular weight excluding hydrogens is 424 g/mol. The summed E-state index contributed by atoms with van der Waals surface area (Å²) in [6.07, 6.45) is -0.687. The second-order valence-corrected chi connectivity index (χ2v) is 7.37. The quantitative estimate of drug-likeness (QED) is 0.431. The number of esters is 1. The number of benzene rings is 3. The fourth-order valence-corrected chi connectivity index (χ4v) is 3.40. The molecule has 0 saturated heterocycles. The predicted molar refractivity (Wildman–Crippen MR) is 122 cm³/mol. The van der Waals surface area contributed by atoms with E-state index in [0.717, 1.165) is 21.9 Å². The number of fused-ring (bicyclic) bond motifs is 1. The van der Waals surface area contributed by atoms with Crippen LogP contribution in [0.25, 0.3) is 10.8 Å². The first-order valence-corrected chi connectivity index (χ1v) is 10.4. The van der Waals surface area contributed by atoms with Crippen molar-refractivity contribution in [2.24, 2.45) is 0 Å². The molecule has 33 heavy (non-hydrogen) atoms. The van der Waals surface area contributed by atoms with Crippen LogP contribution in [0.2, 0.25) is 0 Å². The van der Waals surface area contributed by atoms with Gasteiger partial charge in [0.15, 0.2) is 0 Å². The van der Waals surface area contributed by atoms with E-state index in [1.807, 2.05) is 60.7 Å². The highest BCUT2D eigenvalue weighted by molar-refractivity contribution is 5.91. The molecule has 8 nitrogen and oxygen atoms in total. The summed E-state index contributed by atoms with van der Waals surface area (Å²) in [4.78, 5) is 37.2. The van der Waals surface area contributed by atoms with Gasteiger partial charge in [0, 0.05) is 6.42 Å². The van der Waals surface area contributed by atoms with E-state index in [1.54, 1.807) is 12.1 Å². The molecule has 0 aromatic heterocycles. The maximum atomic E-state index is 12.7. The third-order valence-electron chi connectivity index (χ3n) is 5.11. The molecule has 3 rings (SSSR count). The van der Waals surface area contributed by atoms with Crippen LogP contribution < -0.4 is 10.6 Å². The number of hydrogen-bond donors (Lipinski definition) is 3. The van der Waals surface area contributed by atoms with E-state index in [-0.39, 0.29) is 13.0 Å². The second-order valence-electron chi connectivity index (χ2n) is 7.37. The van der Waals surface area contributed by atoms with Crippen molar-refractivity contribution in [3.63, 3.8) is 0 Å². The van der Waals surface area contributed by atoms with Crippen molar-refractivity contribution in [2.75, 3.05) is 13.7 Å². The third kappa shape index (κ3) is 6.54. The average molecular weight is 450 g/mol. The standard InChI is InChI=1S/C25H26N2O6/c1-32-24(30)21(14-19-12-7-11-18-10-5-6-13-20(18)19)26-23(29)22(15-28)27-25(31)33-16-17-8-3-2-4-9-17/h2-13,21-22,28H,14-16H2,1H3,(H,26,29)(H,27,31)/t21-,22+/m1/s1. The van der Waals surface area contributed by atoms with Crippen LogP contribution in [0, 0.1) is 0 Å². The minimum Gasteiger partial charge on any atom is -0.467 e. The Morgan fingerprint density at radius 3 is 2.30 bits per heavy atom. The lowest BCUT2D eigenvalue weighted by Crippen LogP contribution is -2.54. The zero-order valence-electron chi connectivity index (χ0n) is 18.2. The van der Waals surface area contributed by atoms with Crippen molar-refractivity contribution in [3.8, 4) is 0 Å². The minimum absolute atomic E-state index is 0.0122. The summed E-state index contributed by atoms with van der Waals surface area (Å²) in [5.74, 6) is -1.37. The zero-order chi connectivity index (χ0) is 23.6. The number of carbonyl (C=O) groups is 3. The summed E-state index contributed by atoms with van der Waals surface area (Å²) in [5.41, 5.74) is 1.62. The molecule has 0 aliphatic heterocycles. The Labute approximate surface area is 191 Å². The summed E-state index contributed by atoms with van der Waals surface area (Å²) in [7, 11) is 1.23. The van der Waals surface area contributed by atoms with Gasteiger partial charge in [-0.05, 0) is 21.9 Å². The Morgan fingerprint density at radius 2 is 1.58 bits per heavy atom. The number of rotatable bonds is 9. The van der Waals surface area contributed by atoms with Crippen LogP contribution >= 0.6 is 0 Å². The van der Waals surface area contributed by atoms with Gasteiger partial charge in [-0.3, -0.25) is 4.79 Å². The monoisotopic (exact) mass is 450 g/mol. The van der Waals surface area contributed by atoms with Crippen molar-refractivity contribution in [3.05, 3.63) is 83.9 Å². The molecule has 0 saturated carbocycles. The molecule has 2 atom stereocenters.